The van der Waals surface area contributed by atoms with Crippen LogP contribution < -0.4 is 0 Å². The summed E-state index contributed by atoms with van der Waals surface area (Å²) in [5.41, 5.74) is 0. The van der Waals surface area contributed by atoms with E-state index in [2.05, 4.69) is 32.7 Å². The highest BCUT2D eigenvalue weighted by Gasteiger charge is 2.15. The molecule has 0 spiro atoms. The van der Waals surface area contributed by atoms with Crippen LogP contribution in [-0.4, -0.2) is 20.9 Å². The van der Waals surface area contributed by atoms with Crippen molar-refractivity contribution >= 4 is 23.1 Å². The van der Waals surface area contributed by atoms with Gasteiger partial charge in [0.2, 0.25) is 5.16 Å². The van der Waals surface area contributed by atoms with Crippen LogP contribution in [-0.2, 0) is 6.42 Å². The molecule has 1 aliphatic rings. The summed E-state index contributed by atoms with van der Waals surface area (Å²) in [6, 6.07) is 4.22. The molecule has 3 nitrogen and oxygen atoms in total. The number of rotatable bonds is 5. The van der Waals surface area contributed by atoms with Gasteiger partial charge in [0.05, 0.1) is 0 Å². The second-order valence-electron chi connectivity index (χ2n) is 5.14. The third kappa shape index (κ3) is 3.83. The Labute approximate surface area is 122 Å². The molecule has 1 aliphatic carbocycles. The van der Waals surface area contributed by atoms with E-state index in [1.807, 2.05) is 11.8 Å². The van der Waals surface area contributed by atoms with Crippen LogP contribution in [0.3, 0.4) is 0 Å². The Morgan fingerprint density at radius 2 is 2.21 bits per heavy atom. The zero-order valence-corrected chi connectivity index (χ0v) is 12.6. The van der Waals surface area contributed by atoms with Crippen molar-refractivity contribution in [1.82, 2.24) is 15.2 Å². The molecular weight excluding hydrogens is 274 g/mol. The molecule has 0 aromatic carbocycles. The van der Waals surface area contributed by atoms with Gasteiger partial charge in [0.1, 0.15) is 5.82 Å². The van der Waals surface area contributed by atoms with Crippen LogP contribution >= 0.6 is 23.1 Å². The first-order valence-electron chi connectivity index (χ1n) is 6.96. The number of H-pyrrole nitrogens is 1. The molecule has 3 rings (SSSR count). The monoisotopic (exact) mass is 293 g/mol. The van der Waals surface area contributed by atoms with Crippen molar-refractivity contribution in [2.45, 2.75) is 43.7 Å². The van der Waals surface area contributed by atoms with E-state index in [-0.39, 0.29) is 0 Å². The maximum Gasteiger partial charge on any atom is 0.208 e. The van der Waals surface area contributed by atoms with Gasteiger partial charge in [0.15, 0.2) is 0 Å². The highest BCUT2D eigenvalue weighted by atomic mass is 32.2. The van der Waals surface area contributed by atoms with Crippen LogP contribution in [0.1, 0.15) is 42.8 Å². The molecule has 0 aliphatic heterocycles. The Morgan fingerprint density at radius 3 is 3.00 bits per heavy atom. The summed E-state index contributed by atoms with van der Waals surface area (Å²) in [7, 11) is 0. The summed E-state index contributed by atoms with van der Waals surface area (Å²) in [6.07, 6.45) is 7.88. The number of nitrogens with one attached hydrogen (secondary N) is 1. The van der Waals surface area contributed by atoms with E-state index in [0.717, 1.165) is 23.3 Å². The third-order valence-electron chi connectivity index (χ3n) is 3.61. The van der Waals surface area contributed by atoms with Crippen LogP contribution in [0.25, 0.3) is 0 Å². The minimum absolute atomic E-state index is 0.870. The first-order valence-corrected chi connectivity index (χ1v) is 8.83. The summed E-state index contributed by atoms with van der Waals surface area (Å²) in [4.78, 5) is 5.91. The van der Waals surface area contributed by atoms with Crippen molar-refractivity contribution < 1.29 is 0 Å². The van der Waals surface area contributed by atoms with Crippen molar-refractivity contribution in [3.8, 4) is 0 Å². The molecule has 102 valence electrons. The number of thioether (sulfide) groups is 1. The van der Waals surface area contributed by atoms with Crippen LogP contribution in [0, 0.1) is 5.92 Å². The molecule has 2 aromatic heterocycles. The maximum atomic E-state index is 4.57. The predicted molar refractivity (Wildman–Crippen MR) is 80.8 cm³/mol. The van der Waals surface area contributed by atoms with E-state index < -0.39 is 0 Å². The first-order chi connectivity index (χ1) is 9.40. The molecule has 19 heavy (non-hydrogen) atoms. The molecular formula is C14H19N3S2. The van der Waals surface area contributed by atoms with Gasteiger partial charge in [-0.1, -0.05) is 37.1 Å². The molecule has 2 aromatic rings. The lowest BCUT2D eigenvalue weighted by atomic mass is 9.91. The number of hydrogen-bond acceptors (Lipinski definition) is 4. The van der Waals surface area contributed by atoms with Gasteiger partial charge in [-0.25, -0.2) is 4.98 Å². The summed E-state index contributed by atoms with van der Waals surface area (Å²) in [5, 5.41) is 10.4. The van der Waals surface area contributed by atoms with Gasteiger partial charge in [-0.2, -0.15) is 0 Å². The zero-order chi connectivity index (χ0) is 12.9. The molecule has 0 radical (unpaired) electrons. The average Bonchev–Trinajstić information content (AvgIpc) is 3.10. The van der Waals surface area contributed by atoms with E-state index in [4.69, 9.17) is 0 Å². The van der Waals surface area contributed by atoms with Gasteiger partial charge in [-0.3, -0.25) is 5.10 Å². The number of nitrogens with zero attached hydrogens (tertiary/aromatic N) is 2. The molecule has 0 unspecified atom stereocenters. The minimum Gasteiger partial charge on any atom is -0.262 e. The smallest absolute Gasteiger partial charge is 0.208 e. The van der Waals surface area contributed by atoms with Crippen molar-refractivity contribution in [2.24, 2.45) is 5.92 Å². The molecule has 5 heteroatoms. The fraction of sp³-hybridized carbons (Fsp3) is 0.571. The van der Waals surface area contributed by atoms with Gasteiger partial charge in [0.25, 0.3) is 0 Å². The molecule has 1 N–H and O–H groups in total. The van der Waals surface area contributed by atoms with Gasteiger partial charge >= 0.3 is 0 Å². The van der Waals surface area contributed by atoms with Gasteiger partial charge in [-0.15, -0.1) is 16.4 Å². The summed E-state index contributed by atoms with van der Waals surface area (Å²) in [6.45, 7) is 0. The highest BCUT2D eigenvalue weighted by Crippen LogP contribution is 2.28. The number of aromatic amines is 1. The second-order valence-corrected chi connectivity index (χ2v) is 7.16. The lowest BCUT2D eigenvalue weighted by Gasteiger charge is -2.20. The van der Waals surface area contributed by atoms with Crippen molar-refractivity contribution in [1.29, 1.82) is 0 Å². The maximum absolute atomic E-state index is 4.57. The summed E-state index contributed by atoms with van der Waals surface area (Å²) in [5.74, 6) is 3.03. The van der Waals surface area contributed by atoms with E-state index >= 15 is 0 Å². The van der Waals surface area contributed by atoms with Gasteiger partial charge in [-0.05, 0) is 30.2 Å². The second kappa shape index (κ2) is 6.57. The lowest BCUT2D eigenvalue weighted by molar-refractivity contribution is 0.391. The van der Waals surface area contributed by atoms with Crippen molar-refractivity contribution in [3.63, 3.8) is 0 Å². The highest BCUT2D eigenvalue weighted by molar-refractivity contribution is 7.99. The lowest BCUT2D eigenvalue weighted by Crippen LogP contribution is -2.08. The Bertz CT molecular complexity index is 487. The Hall–Kier alpha value is -0.810. The molecule has 1 fully saturated rings. The average molecular weight is 293 g/mol. The molecule has 0 amide bonds. The Kier molecular flexibility index (Phi) is 4.56. The van der Waals surface area contributed by atoms with Crippen molar-refractivity contribution in [2.75, 3.05) is 5.75 Å². The summed E-state index contributed by atoms with van der Waals surface area (Å²) >= 11 is 3.58. The SMILES string of the molecule is c1csc(Cc2nc(SCC3CCCCC3)n[nH]2)c1. The van der Waals surface area contributed by atoms with Crippen LogP contribution in [0.4, 0.5) is 0 Å². The van der Waals surface area contributed by atoms with Crippen LogP contribution in [0.5, 0.6) is 0 Å². The van der Waals surface area contributed by atoms with E-state index in [1.54, 1.807) is 11.3 Å². The fourth-order valence-electron chi connectivity index (χ4n) is 2.55. The first kappa shape index (κ1) is 13.2. The van der Waals surface area contributed by atoms with Crippen LogP contribution in [0.15, 0.2) is 22.7 Å². The molecule has 0 saturated heterocycles. The topological polar surface area (TPSA) is 41.6 Å². The van der Waals surface area contributed by atoms with E-state index in [1.165, 1.54) is 42.7 Å². The molecule has 0 atom stereocenters. The normalized spacial score (nSPS) is 16.8. The van der Waals surface area contributed by atoms with E-state index in [0.29, 0.717) is 0 Å². The minimum atomic E-state index is 0.870. The Morgan fingerprint density at radius 1 is 1.32 bits per heavy atom. The largest absolute Gasteiger partial charge is 0.262 e. The molecule has 2 heterocycles. The van der Waals surface area contributed by atoms with Crippen molar-refractivity contribution in [3.05, 3.63) is 28.2 Å². The Balaban J connectivity index is 1.50. The fourth-order valence-corrected chi connectivity index (χ4v) is 4.26. The number of thiophene rings is 1. The van der Waals surface area contributed by atoms with Crippen LogP contribution in [0.2, 0.25) is 0 Å². The summed E-state index contributed by atoms with van der Waals surface area (Å²) < 4.78 is 0. The molecule has 0 bridgehead atoms. The zero-order valence-electron chi connectivity index (χ0n) is 11.0. The third-order valence-corrected chi connectivity index (χ3v) is 5.56. The predicted octanol–water partition coefficient (Wildman–Crippen LogP) is 4.13. The van der Waals surface area contributed by atoms with Gasteiger partial charge < -0.3 is 0 Å². The quantitative estimate of drug-likeness (QED) is 0.843. The number of aromatic nitrogens is 3. The molecule has 1 saturated carbocycles. The standard InChI is InChI=1S/C14H19N3S2/c1-2-5-11(6-3-1)10-19-14-15-13(16-17-14)9-12-7-4-8-18-12/h4,7-8,11H,1-3,5-6,9-10H2,(H,15,16,17). The van der Waals surface area contributed by atoms with E-state index in [9.17, 15) is 0 Å². The van der Waals surface area contributed by atoms with Gasteiger partial charge in [0, 0.05) is 17.1 Å². The number of hydrogen-bond donors (Lipinski definition) is 1.